The maximum atomic E-state index is 12.4. The van der Waals surface area contributed by atoms with Crippen LogP contribution in [0.5, 0.6) is 0 Å². The Morgan fingerprint density at radius 3 is 2.27 bits per heavy atom. The Morgan fingerprint density at radius 2 is 1.68 bits per heavy atom. The lowest BCUT2D eigenvalue weighted by atomic mass is 10.1. The number of alkyl halides is 3. The average Bonchev–Trinajstić information content (AvgIpc) is 2.47. The van der Waals surface area contributed by atoms with Crippen molar-refractivity contribution in [2.45, 2.75) is 6.18 Å². The summed E-state index contributed by atoms with van der Waals surface area (Å²) in [5.41, 5.74) is 0.490. The summed E-state index contributed by atoms with van der Waals surface area (Å²) >= 11 is 2.10. The van der Waals surface area contributed by atoms with Gasteiger partial charge in [-0.3, -0.25) is 4.79 Å². The zero-order valence-electron chi connectivity index (χ0n) is 11.2. The van der Waals surface area contributed by atoms with Gasteiger partial charge in [-0.15, -0.1) is 0 Å². The number of hydrogen-bond acceptors (Lipinski definition) is 1. The molecule has 6 heteroatoms. The lowest BCUT2D eigenvalue weighted by molar-refractivity contribution is -0.137. The molecule has 2 aromatic rings. The number of rotatable bonds is 3. The van der Waals surface area contributed by atoms with Crippen LogP contribution in [0.1, 0.15) is 11.1 Å². The zero-order chi connectivity index (χ0) is 16.2. The normalized spacial score (nSPS) is 11.6. The molecule has 2 aromatic carbocycles. The minimum atomic E-state index is -4.36. The predicted molar refractivity (Wildman–Crippen MR) is 88.3 cm³/mol. The van der Waals surface area contributed by atoms with Crippen LogP contribution in [-0.2, 0) is 11.0 Å². The number of para-hydroxylation sites is 1. The molecule has 0 saturated heterocycles. The van der Waals surface area contributed by atoms with Crippen LogP contribution >= 0.6 is 22.6 Å². The fraction of sp³-hybridized carbons (Fsp3) is 0.0625. The van der Waals surface area contributed by atoms with Gasteiger partial charge in [0.1, 0.15) is 0 Å². The van der Waals surface area contributed by atoms with E-state index in [0.29, 0.717) is 11.3 Å². The van der Waals surface area contributed by atoms with E-state index in [1.54, 1.807) is 12.1 Å². The van der Waals surface area contributed by atoms with Crippen molar-refractivity contribution in [1.29, 1.82) is 0 Å². The first-order valence-electron chi connectivity index (χ1n) is 6.27. The van der Waals surface area contributed by atoms with E-state index in [0.717, 1.165) is 15.7 Å². The maximum absolute atomic E-state index is 12.4. The van der Waals surface area contributed by atoms with Gasteiger partial charge in [0, 0.05) is 9.65 Å². The minimum absolute atomic E-state index is 0.344. The summed E-state index contributed by atoms with van der Waals surface area (Å²) < 4.78 is 38.2. The SMILES string of the molecule is O=C(/C=C/c1ccc(C(F)(F)F)cc1)Nc1ccccc1I. The second-order valence-electron chi connectivity index (χ2n) is 4.42. The van der Waals surface area contributed by atoms with Gasteiger partial charge >= 0.3 is 6.18 Å². The van der Waals surface area contributed by atoms with Crippen molar-refractivity contribution in [1.82, 2.24) is 0 Å². The van der Waals surface area contributed by atoms with Crippen molar-refractivity contribution in [3.8, 4) is 0 Å². The Kier molecular flexibility index (Phi) is 5.23. The highest BCUT2D eigenvalue weighted by atomic mass is 127. The molecule has 0 radical (unpaired) electrons. The molecule has 1 N–H and O–H groups in total. The van der Waals surface area contributed by atoms with E-state index < -0.39 is 11.7 Å². The van der Waals surface area contributed by atoms with Gasteiger partial charge in [-0.1, -0.05) is 24.3 Å². The van der Waals surface area contributed by atoms with Crippen molar-refractivity contribution < 1.29 is 18.0 Å². The monoisotopic (exact) mass is 417 g/mol. The predicted octanol–water partition coefficient (Wildman–Crippen LogP) is 4.96. The highest BCUT2D eigenvalue weighted by Gasteiger charge is 2.29. The van der Waals surface area contributed by atoms with Crippen LogP contribution in [0, 0.1) is 3.57 Å². The lowest BCUT2D eigenvalue weighted by Gasteiger charge is -2.06. The first kappa shape index (κ1) is 16.5. The van der Waals surface area contributed by atoms with Crippen LogP contribution in [0.3, 0.4) is 0 Å². The highest BCUT2D eigenvalue weighted by Crippen LogP contribution is 2.29. The van der Waals surface area contributed by atoms with Crippen LogP contribution in [0.25, 0.3) is 6.08 Å². The van der Waals surface area contributed by atoms with Gasteiger partial charge in [0.2, 0.25) is 5.91 Å². The summed E-state index contributed by atoms with van der Waals surface area (Å²) in [5.74, 6) is -0.344. The first-order valence-corrected chi connectivity index (χ1v) is 7.35. The summed E-state index contributed by atoms with van der Waals surface area (Å²) in [7, 11) is 0. The standard InChI is InChI=1S/C16H11F3INO/c17-16(18,19)12-8-5-11(6-9-12)7-10-15(22)21-14-4-2-1-3-13(14)20/h1-10H,(H,21,22)/b10-7+. The minimum Gasteiger partial charge on any atom is -0.322 e. The van der Waals surface area contributed by atoms with E-state index in [9.17, 15) is 18.0 Å². The van der Waals surface area contributed by atoms with Crippen LogP contribution in [-0.4, -0.2) is 5.91 Å². The number of anilines is 1. The second kappa shape index (κ2) is 6.95. The number of hydrogen-bond donors (Lipinski definition) is 1. The van der Waals surface area contributed by atoms with Crippen LogP contribution in [0.15, 0.2) is 54.6 Å². The van der Waals surface area contributed by atoms with Gasteiger partial charge in [0.15, 0.2) is 0 Å². The molecule has 22 heavy (non-hydrogen) atoms. The molecular weight excluding hydrogens is 406 g/mol. The van der Waals surface area contributed by atoms with Crippen molar-refractivity contribution in [3.63, 3.8) is 0 Å². The zero-order valence-corrected chi connectivity index (χ0v) is 13.4. The highest BCUT2D eigenvalue weighted by molar-refractivity contribution is 14.1. The molecule has 0 unspecified atom stereocenters. The molecule has 1 amide bonds. The Balaban J connectivity index is 2.02. The summed E-state index contributed by atoms with van der Waals surface area (Å²) in [4.78, 5) is 11.8. The molecule has 0 heterocycles. The van der Waals surface area contributed by atoms with Gasteiger partial charge in [-0.05, 0) is 58.5 Å². The van der Waals surface area contributed by atoms with Crippen LogP contribution in [0.2, 0.25) is 0 Å². The largest absolute Gasteiger partial charge is 0.416 e. The van der Waals surface area contributed by atoms with Crippen molar-refractivity contribution in [2.24, 2.45) is 0 Å². The molecular formula is C16H11F3INO. The summed E-state index contributed by atoms with van der Waals surface area (Å²) in [6.45, 7) is 0. The Labute approximate surface area is 139 Å². The Morgan fingerprint density at radius 1 is 1.05 bits per heavy atom. The third kappa shape index (κ3) is 4.59. The van der Waals surface area contributed by atoms with Gasteiger partial charge in [0.05, 0.1) is 11.3 Å². The molecule has 0 atom stereocenters. The lowest BCUT2D eigenvalue weighted by Crippen LogP contribution is -2.08. The fourth-order valence-corrected chi connectivity index (χ4v) is 2.21. The molecule has 0 spiro atoms. The van der Waals surface area contributed by atoms with E-state index >= 15 is 0 Å². The van der Waals surface area contributed by atoms with Crippen LogP contribution in [0.4, 0.5) is 18.9 Å². The van der Waals surface area contributed by atoms with Gasteiger partial charge in [-0.2, -0.15) is 13.2 Å². The number of halogens is 4. The van der Waals surface area contributed by atoms with Gasteiger partial charge < -0.3 is 5.32 Å². The average molecular weight is 417 g/mol. The molecule has 0 aliphatic carbocycles. The maximum Gasteiger partial charge on any atom is 0.416 e. The van der Waals surface area contributed by atoms with Gasteiger partial charge in [-0.25, -0.2) is 0 Å². The molecule has 0 fully saturated rings. The number of carbonyl (C=O) groups excluding carboxylic acids is 1. The molecule has 0 aromatic heterocycles. The smallest absolute Gasteiger partial charge is 0.322 e. The van der Waals surface area contributed by atoms with E-state index in [2.05, 4.69) is 27.9 Å². The third-order valence-corrected chi connectivity index (χ3v) is 3.74. The molecule has 0 aliphatic heterocycles. The molecule has 0 saturated carbocycles. The van der Waals surface area contributed by atoms with E-state index in [1.165, 1.54) is 24.3 Å². The van der Waals surface area contributed by atoms with Crippen LogP contribution < -0.4 is 5.32 Å². The van der Waals surface area contributed by atoms with Gasteiger partial charge in [0.25, 0.3) is 0 Å². The summed E-state index contributed by atoms with van der Waals surface area (Å²) in [6, 6.07) is 11.9. The van der Waals surface area contributed by atoms with E-state index in [-0.39, 0.29) is 5.91 Å². The Hall–Kier alpha value is -1.83. The third-order valence-electron chi connectivity index (χ3n) is 2.80. The summed E-state index contributed by atoms with van der Waals surface area (Å²) in [5, 5.41) is 2.70. The Bertz CT molecular complexity index is 693. The quantitative estimate of drug-likeness (QED) is 0.555. The molecule has 114 valence electrons. The second-order valence-corrected chi connectivity index (χ2v) is 5.58. The molecule has 2 nitrogen and oxygen atoms in total. The fourth-order valence-electron chi connectivity index (χ4n) is 1.69. The summed E-state index contributed by atoms with van der Waals surface area (Å²) in [6.07, 6.45) is -1.61. The number of carbonyl (C=O) groups is 1. The van der Waals surface area contributed by atoms with E-state index in [4.69, 9.17) is 0 Å². The number of amides is 1. The van der Waals surface area contributed by atoms with E-state index in [1.807, 2.05) is 12.1 Å². The van der Waals surface area contributed by atoms with Crippen molar-refractivity contribution in [3.05, 3.63) is 69.3 Å². The molecule has 0 aliphatic rings. The van der Waals surface area contributed by atoms with Crippen molar-refractivity contribution >= 4 is 40.3 Å². The number of benzene rings is 2. The molecule has 0 bridgehead atoms. The number of nitrogens with one attached hydrogen (secondary N) is 1. The first-order chi connectivity index (χ1) is 10.4. The van der Waals surface area contributed by atoms with Crippen molar-refractivity contribution in [2.75, 3.05) is 5.32 Å². The topological polar surface area (TPSA) is 29.1 Å². The molecule has 2 rings (SSSR count).